The molecule has 0 heterocycles. The first-order valence-corrected chi connectivity index (χ1v) is 5.82. The van der Waals surface area contributed by atoms with Crippen molar-refractivity contribution in [3.8, 4) is 11.1 Å². The van der Waals surface area contributed by atoms with E-state index < -0.39 is 0 Å². The molecule has 0 fully saturated rings. The summed E-state index contributed by atoms with van der Waals surface area (Å²) in [5.74, 6) is 0.679. The number of benzene rings is 2. The van der Waals surface area contributed by atoms with Crippen molar-refractivity contribution in [2.45, 2.75) is 20.3 Å². The summed E-state index contributed by atoms with van der Waals surface area (Å²) in [5, 5.41) is 0. The van der Waals surface area contributed by atoms with Crippen LogP contribution in [0.15, 0.2) is 48.5 Å². The molecule has 0 aliphatic rings. The number of hydrogen-bond donors (Lipinski definition) is 0. The third kappa shape index (κ3) is 2.52. The molecule has 0 bridgehead atoms. The first-order chi connectivity index (χ1) is 7.77. The van der Waals surface area contributed by atoms with Gasteiger partial charge in [0, 0.05) is 0 Å². The highest BCUT2D eigenvalue weighted by atomic mass is 14.1. The molecule has 2 aromatic rings. The minimum Gasteiger partial charge on any atom is -0.0625 e. The molecule has 81 valence electrons. The van der Waals surface area contributed by atoms with Crippen LogP contribution in [0.25, 0.3) is 11.1 Å². The fraction of sp³-hybridized carbons (Fsp3) is 0.250. The summed E-state index contributed by atoms with van der Waals surface area (Å²) in [7, 11) is 0. The number of rotatable bonds is 3. The molecule has 16 heavy (non-hydrogen) atoms. The maximum atomic E-state index is 3.36. The zero-order valence-corrected chi connectivity index (χ0v) is 9.90. The summed E-state index contributed by atoms with van der Waals surface area (Å²) < 4.78 is 0. The molecule has 0 N–H and O–H groups in total. The standard InChI is InChI=1S/C16H17/c1-13(2)12-15-10-6-7-11-16(15)14-8-4-3-5-9-14/h3-10,13H,12H2,1-2H3. The highest BCUT2D eigenvalue weighted by molar-refractivity contribution is 5.66. The van der Waals surface area contributed by atoms with E-state index in [-0.39, 0.29) is 0 Å². The van der Waals surface area contributed by atoms with Crippen molar-refractivity contribution in [2.75, 3.05) is 0 Å². The van der Waals surface area contributed by atoms with Gasteiger partial charge in [-0.05, 0) is 35.1 Å². The average molecular weight is 209 g/mol. The van der Waals surface area contributed by atoms with Crippen molar-refractivity contribution in [1.29, 1.82) is 0 Å². The van der Waals surface area contributed by atoms with Gasteiger partial charge in [-0.25, -0.2) is 0 Å². The lowest BCUT2D eigenvalue weighted by Crippen LogP contribution is -1.96. The Morgan fingerprint density at radius 2 is 1.75 bits per heavy atom. The van der Waals surface area contributed by atoms with Crippen LogP contribution in [0.2, 0.25) is 0 Å². The Morgan fingerprint density at radius 1 is 1.00 bits per heavy atom. The van der Waals surface area contributed by atoms with Crippen molar-refractivity contribution in [3.05, 3.63) is 60.2 Å². The van der Waals surface area contributed by atoms with Crippen LogP contribution in [0.5, 0.6) is 0 Å². The van der Waals surface area contributed by atoms with Crippen molar-refractivity contribution in [2.24, 2.45) is 5.92 Å². The van der Waals surface area contributed by atoms with Crippen molar-refractivity contribution < 1.29 is 0 Å². The van der Waals surface area contributed by atoms with E-state index in [1.807, 2.05) is 6.07 Å². The van der Waals surface area contributed by atoms with Crippen molar-refractivity contribution in [1.82, 2.24) is 0 Å². The fourth-order valence-electron chi connectivity index (χ4n) is 1.96. The molecule has 0 nitrogen and oxygen atoms in total. The maximum Gasteiger partial charge on any atom is -0.00730 e. The molecule has 0 atom stereocenters. The van der Waals surface area contributed by atoms with E-state index in [2.05, 4.69) is 62.4 Å². The van der Waals surface area contributed by atoms with E-state index in [9.17, 15) is 0 Å². The van der Waals surface area contributed by atoms with Crippen LogP contribution in [0, 0.1) is 12.0 Å². The van der Waals surface area contributed by atoms with Gasteiger partial charge in [0.25, 0.3) is 0 Å². The summed E-state index contributed by atoms with van der Waals surface area (Å²) >= 11 is 0. The zero-order valence-electron chi connectivity index (χ0n) is 9.90. The summed E-state index contributed by atoms with van der Waals surface area (Å²) in [5.41, 5.74) is 3.90. The lowest BCUT2D eigenvalue weighted by molar-refractivity contribution is 0.648. The maximum absolute atomic E-state index is 3.36. The highest BCUT2D eigenvalue weighted by Gasteiger charge is 2.05. The van der Waals surface area contributed by atoms with E-state index in [0.29, 0.717) is 5.92 Å². The van der Waals surface area contributed by atoms with Crippen LogP contribution in [-0.4, -0.2) is 0 Å². The molecule has 0 spiro atoms. The number of hydrogen-bond acceptors (Lipinski definition) is 0. The topological polar surface area (TPSA) is 0 Å². The molecular formula is C16H17. The zero-order chi connectivity index (χ0) is 11.4. The van der Waals surface area contributed by atoms with Gasteiger partial charge in [0.05, 0.1) is 0 Å². The second kappa shape index (κ2) is 4.98. The van der Waals surface area contributed by atoms with Gasteiger partial charge in [-0.15, -0.1) is 0 Å². The Labute approximate surface area is 97.9 Å². The quantitative estimate of drug-likeness (QED) is 0.705. The Bertz CT molecular complexity index is 441. The van der Waals surface area contributed by atoms with E-state index in [1.165, 1.54) is 16.7 Å². The van der Waals surface area contributed by atoms with E-state index in [0.717, 1.165) is 6.42 Å². The lowest BCUT2D eigenvalue weighted by Gasteiger charge is -2.11. The third-order valence-electron chi connectivity index (χ3n) is 2.63. The van der Waals surface area contributed by atoms with E-state index in [1.54, 1.807) is 0 Å². The van der Waals surface area contributed by atoms with Crippen LogP contribution in [-0.2, 0) is 6.42 Å². The Morgan fingerprint density at radius 3 is 2.44 bits per heavy atom. The smallest absolute Gasteiger partial charge is 0.00730 e. The Kier molecular flexibility index (Phi) is 3.40. The van der Waals surface area contributed by atoms with Gasteiger partial charge in [0.15, 0.2) is 0 Å². The van der Waals surface area contributed by atoms with E-state index >= 15 is 0 Å². The molecular weight excluding hydrogens is 192 g/mol. The van der Waals surface area contributed by atoms with Crippen molar-refractivity contribution in [3.63, 3.8) is 0 Å². The molecule has 0 aromatic heterocycles. The Hall–Kier alpha value is -1.56. The molecule has 2 rings (SSSR count). The lowest BCUT2D eigenvalue weighted by atomic mass is 9.94. The van der Waals surface area contributed by atoms with Crippen LogP contribution in [0.4, 0.5) is 0 Å². The fourth-order valence-corrected chi connectivity index (χ4v) is 1.96. The van der Waals surface area contributed by atoms with Gasteiger partial charge in [-0.1, -0.05) is 62.4 Å². The average Bonchev–Trinajstić information content (AvgIpc) is 2.30. The van der Waals surface area contributed by atoms with Crippen LogP contribution in [0.1, 0.15) is 19.4 Å². The van der Waals surface area contributed by atoms with Gasteiger partial charge in [-0.3, -0.25) is 0 Å². The summed E-state index contributed by atoms with van der Waals surface area (Å²) in [6.07, 6.45) is 1.11. The first-order valence-electron chi connectivity index (χ1n) is 5.82. The third-order valence-corrected chi connectivity index (χ3v) is 2.63. The largest absolute Gasteiger partial charge is 0.0625 e. The molecule has 0 saturated heterocycles. The minimum atomic E-state index is 0.679. The molecule has 0 unspecified atom stereocenters. The summed E-state index contributed by atoms with van der Waals surface area (Å²) in [4.78, 5) is 0. The summed E-state index contributed by atoms with van der Waals surface area (Å²) in [6.45, 7) is 4.50. The van der Waals surface area contributed by atoms with Gasteiger partial charge >= 0.3 is 0 Å². The molecule has 0 amide bonds. The van der Waals surface area contributed by atoms with Gasteiger partial charge in [-0.2, -0.15) is 0 Å². The second-order valence-corrected chi connectivity index (χ2v) is 4.53. The summed E-state index contributed by atoms with van der Waals surface area (Å²) in [6, 6.07) is 20.1. The molecule has 0 heteroatoms. The molecule has 0 saturated carbocycles. The van der Waals surface area contributed by atoms with Gasteiger partial charge < -0.3 is 0 Å². The predicted octanol–water partition coefficient (Wildman–Crippen LogP) is 4.35. The van der Waals surface area contributed by atoms with Crippen LogP contribution < -0.4 is 0 Å². The highest BCUT2D eigenvalue weighted by Crippen LogP contribution is 2.24. The van der Waals surface area contributed by atoms with Gasteiger partial charge in [0.1, 0.15) is 0 Å². The van der Waals surface area contributed by atoms with Gasteiger partial charge in [0.2, 0.25) is 0 Å². The second-order valence-electron chi connectivity index (χ2n) is 4.53. The van der Waals surface area contributed by atoms with E-state index in [4.69, 9.17) is 0 Å². The Balaban J connectivity index is 2.41. The molecule has 2 aromatic carbocycles. The van der Waals surface area contributed by atoms with Crippen molar-refractivity contribution >= 4 is 0 Å². The predicted molar refractivity (Wildman–Crippen MR) is 69.3 cm³/mol. The minimum absolute atomic E-state index is 0.679. The normalized spacial score (nSPS) is 10.7. The SMILES string of the molecule is CC(C)Cc1ccc[c]c1-c1ccccc1. The first kappa shape index (κ1) is 10.9. The molecule has 1 radical (unpaired) electrons. The van der Waals surface area contributed by atoms with Crippen LogP contribution >= 0.6 is 0 Å². The molecule has 0 aliphatic heterocycles. The van der Waals surface area contributed by atoms with Crippen LogP contribution in [0.3, 0.4) is 0 Å². The monoisotopic (exact) mass is 209 g/mol. The molecule has 0 aliphatic carbocycles.